The fourth-order valence-electron chi connectivity index (χ4n) is 3.03. The Morgan fingerprint density at radius 2 is 1.31 bits per heavy atom. The first-order valence-electron chi connectivity index (χ1n) is 10.6. The van der Waals surface area contributed by atoms with Crippen LogP contribution >= 0.6 is 0 Å². The van der Waals surface area contributed by atoms with E-state index >= 15 is 0 Å². The van der Waals surface area contributed by atoms with Crippen LogP contribution < -0.4 is 14.6 Å². The molecule has 0 aromatic heterocycles. The molecule has 0 aliphatic heterocycles. The van der Waals surface area contributed by atoms with Gasteiger partial charge in [-0.15, -0.1) is 0 Å². The molecule has 1 atom stereocenters. The minimum absolute atomic E-state index is 0.0423. The Hall–Kier alpha value is -3.75. The van der Waals surface area contributed by atoms with Gasteiger partial charge in [-0.2, -0.15) is 43.9 Å². The molecule has 0 aliphatic rings. The minimum atomic E-state index is -6.62. The van der Waals surface area contributed by atoms with Crippen molar-refractivity contribution in [3.63, 3.8) is 0 Å². The Morgan fingerprint density at radius 3 is 1.90 bits per heavy atom. The molecule has 3 rings (SSSR count). The Balaban J connectivity index is 1.96. The summed E-state index contributed by atoms with van der Waals surface area (Å²) in [6.07, 6.45) is -14.9. The third-order valence-electron chi connectivity index (χ3n) is 5.03. The number of aliphatic hydroxyl groups excluding tert-OH is 1. The zero-order chi connectivity index (χ0) is 29.2. The van der Waals surface area contributed by atoms with Crippen LogP contribution in [0.4, 0.5) is 54.0 Å². The van der Waals surface area contributed by atoms with Gasteiger partial charge in [-0.25, -0.2) is 9.45 Å². The summed E-state index contributed by atoms with van der Waals surface area (Å²) in [6, 6.07) is 11.1. The lowest BCUT2D eigenvalue weighted by molar-refractivity contribution is -0.359. The largest absolute Gasteiger partial charge is 0.460 e. The summed E-state index contributed by atoms with van der Waals surface area (Å²) in [6.45, 7) is -1.39. The van der Waals surface area contributed by atoms with E-state index in [2.05, 4.69) is 0 Å². The summed E-state index contributed by atoms with van der Waals surface area (Å²) in [5.74, 6) is -13.6. The highest BCUT2D eigenvalue weighted by atomic mass is 19.4. The summed E-state index contributed by atoms with van der Waals surface area (Å²) in [4.78, 5) is 5.13. The van der Waals surface area contributed by atoms with Crippen LogP contribution in [0.3, 0.4) is 0 Å². The van der Waals surface area contributed by atoms with E-state index in [0.717, 1.165) is 30.3 Å². The van der Waals surface area contributed by atoms with Crippen LogP contribution in [-0.2, 0) is 5.92 Å². The number of hydrogen-bond donors (Lipinski definition) is 1. The molecular weight excluding hydrogens is 559 g/mol. The van der Waals surface area contributed by atoms with Crippen LogP contribution in [0.5, 0.6) is 17.2 Å². The van der Waals surface area contributed by atoms with Crippen molar-refractivity contribution in [2.24, 2.45) is 0 Å². The highest BCUT2D eigenvalue weighted by Crippen LogP contribution is 2.52. The highest BCUT2D eigenvalue weighted by Gasteiger charge is 2.73. The molecule has 39 heavy (non-hydrogen) atoms. The molecule has 0 amide bonds. The topological polar surface area (TPSA) is 41.9 Å². The first-order valence-corrected chi connectivity index (χ1v) is 10.6. The third kappa shape index (κ3) is 6.82. The van der Waals surface area contributed by atoms with Gasteiger partial charge in [0.25, 0.3) is 0 Å². The first kappa shape index (κ1) is 29.8. The Labute approximate surface area is 212 Å². The van der Waals surface area contributed by atoms with Crippen molar-refractivity contribution in [3.05, 3.63) is 84.2 Å². The van der Waals surface area contributed by atoms with Gasteiger partial charge in [0.1, 0.15) is 17.3 Å². The van der Waals surface area contributed by atoms with E-state index in [-0.39, 0.29) is 29.3 Å². The Kier molecular flexibility index (Phi) is 8.24. The fourth-order valence-corrected chi connectivity index (χ4v) is 3.03. The zero-order valence-electron chi connectivity index (χ0n) is 19.1. The van der Waals surface area contributed by atoms with E-state index in [1.54, 1.807) is 0 Å². The smallest absolute Gasteiger partial charge is 0.457 e. The van der Waals surface area contributed by atoms with Gasteiger partial charge in [-0.1, -0.05) is 18.2 Å². The number of rotatable bonds is 9. The maximum atomic E-state index is 14.2. The molecule has 15 heteroatoms. The molecule has 0 saturated heterocycles. The van der Waals surface area contributed by atoms with Crippen molar-refractivity contribution in [1.82, 2.24) is 0 Å². The second-order valence-electron chi connectivity index (χ2n) is 7.94. The second kappa shape index (κ2) is 10.8. The molecule has 3 aromatic rings. The number of nitrogens with zero attached hydrogens (tertiary/aromatic N) is 1. The second-order valence-corrected chi connectivity index (χ2v) is 7.94. The van der Waals surface area contributed by atoms with Crippen LogP contribution in [0.1, 0.15) is 5.56 Å². The SMILES string of the molecule is OC(CN(Oc1cccc(C(F)(F)C(F)(F)C(F)(F)F)c1)c1cccc(Oc2ccc(F)cc2)c1)C(F)(F)F. The van der Waals surface area contributed by atoms with Crippen molar-refractivity contribution in [2.45, 2.75) is 30.3 Å². The molecule has 212 valence electrons. The molecule has 0 bridgehead atoms. The molecule has 0 aliphatic carbocycles. The lowest BCUT2D eigenvalue weighted by atomic mass is 10.0. The van der Waals surface area contributed by atoms with Crippen LogP contribution in [0.2, 0.25) is 0 Å². The van der Waals surface area contributed by atoms with Crippen molar-refractivity contribution in [3.8, 4) is 17.2 Å². The van der Waals surface area contributed by atoms with Crippen molar-refractivity contribution in [2.75, 3.05) is 11.6 Å². The lowest BCUT2D eigenvalue weighted by Crippen LogP contribution is -2.50. The van der Waals surface area contributed by atoms with Crippen molar-refractivity contribution in [1.29, 1.82) is 0 Å². The third-order valence-corrected chi connectivity index (χ3v) is 5.03. The van der Waals surface area contributed by atoms with Gasteiger partial charge in [0.2, 0.25) is 0 Å². The van der Waals surface area contributed by atoms with E-state index in [0.29, 0.717) is 11.1 Å². The standard InChI is InChI=1S/C24H16F11NO3/c25-15-7-9-17(10-8-15)38-18-5-2-4-16(12-18)36(13-20(37)22(28,29)30)39-19-6-1-3-14(11-19)21(26,27)23(31,32)24(33,34)35/h1-12,20,37H,13H2. The first-order chi connectivity index (χ1) is 17.9. The molecule has 4 nitrogen and oxygen atoms in total. The van der Waals surface area contributed by atoms with Gasteiger partial charge in [0.15, 0.2) is 11.9 Å². The van der Waals surface area contributed by atoms with Crippen LogP contribution in [0.15, 0.2) is 72.8 Å². The summed E-state index contributed by atoms with van der Waals surface area (Å²) in [7, 11) is 0. The van der Waals surface area contributed by atoms with Gasteiger partial charge >= 0.3 is 24.2 Å². The van der Waals surface area contributed by atoms with Gasteiger partial charge < -0.3 is 14.7 Å². The predicted molar refractivity (Wildman–Crippen MR) is 114 cm³/mol. The quantitative estimate of drug-likeness (QED) is 0.211. The average molecular weight is 575 g/mol. The summed E-state index contributed by atoms with van der Waals surface area (Å²) in [5.41, 5.74) is -2.12. The van der Waals surface area contributed by atoms with E-state index in [1.807, 2.05) is 0 Å². The number of anilines is 1. The van der Waals surface area contributed by atoms with E-state index in [4.69, 9.17) is 9.57 Å². The predicted octanol–water partition coefficient (Wildman–Crippen LogP) is 7.63. The highest BCUT2D eigenvalue weighted by molar-refractivity contribution is 5.51. The number of ether oxygens (including phenoxy) is 1. The van der Waals surface area contributed by atoms with Crippen LogP contribution in [-0.4, -0.2) is 36.0 Å². The van der Waals surface area contributed by atoms with E-state index in [9.17, 15) is 53.4 Å². The molecule has 1 N–H and O–H groups in total. The molecule has 0 spiro atoms. The molecule has 0 radical (unpaired) electrons. The van der Waals surface area contributed by atoms with Gasteiger partial charge in [0.05, 0.1) is 12.2 Å². The number of alkyl halides is 10. The summed E-state index contributed by atoms with van der Waals surface area (Å²) in [5, 5.41) is 9.89. The van der Waals surface area contributed by atoms with E-state index in [1.165, 1.54) is 24.3 Å². The number of halogens is 11. The molecule has 0 heterocycles. The maximum Gasteiger partial charge on any atom is 0.460 e. The molecular formula is C24H16F11NO3. The Bertz CT molecular complexity index is 1260. The van der Waals surface area contributed by atoms with Gasteiger partial charge in [-0.3, -0.25) is 0 Å². The summed E-state index contributed by atoms with van der Waals surface area (Å²) >= 11 is 0. The number of benzene rings is 3. The number of aliphatic hydroxyl groups is 1. The lowest BCUT2D eigenvalue weighted by Gasteiger charge is -2.30. The number of hydrogen-bond acceptors (Lipinski definition) is 4. The minimum Gasteiger partial charge on any atom is -0.457 e. The van der Waals surface area contributed by atoms with E-state index < -0.39 is 54.0 Å². The average Bonchev–Trinajstić information content (AvgIpc) is 2.84. The van der Waals surface area contributed by atoms with Crippen LogP contribution in [0.25, 0.3) is 0 Å². The van der Waals surface area contributed by atoms with Gasteiger partial charge in [0, 0.05) is 11.6 Å². The molecule has 0 fully saturated rings. The van der Waals surface area contributed by atoms with Crippen molar-refractivity contribution >= 4 is 5.69 Å². The normalized spacial score (nSPS) is 13.6. The molecule has 3 aromatic carbocycles. The van der Waals surface area contributed by atoms with Crippen molar-refractivity contribution < 1.29 is 63.0 Å². The van der Waals surface area contributed by atoms with Crippen LogP contribution in [0, 0.1) is 5.82 Å². The monoisotopic (exact) mass is 575 g/mol. The maximum absolute atomic E-state index is 14.2. The molecule has 1 unspecified atom stereocenters. The van der Waals surface area contributed by atoms with Gasteiger partial charge in [-0.05, 0) is 48.5 Å². The summed E-state index contributed by atoms with van der Waals surface area (Å²) < 4.78 is 151. The number of hydroxylamine groups is 1. The fraction of sp³-hybridized carbons (Fsp3) is 0.250. The molecule has 0 saturated carbocycles. The zero-order valence-corrected chi connectivity index (χ0v) is 19.1. The Morgan fingerprint density at radius 1 is 0.718 bits per heavy atom.